The summed E-state index contributed by atoms with van der Waals surface area (Å²) in [4.78, 5) is 29.3. The third kappa shape index (κ3) is 2.86. The quantitative estimate of drug-likeness (QED) is 0.889. The molecule has 0 fully saturated rings. The van der Waals surface area contributed by atoms with Crippen LogP contribution in [0.15, 0.2) is 6.07 Å². The molecule has 0 saturated carbocycles. The predicted octanol–water partition coefficient (Wildman–Crippen LogP) is 1.51. The van der Waals surface area contributed by atoms with Gasteiger partial charge in [0.1, 0.15) is 6.54 Å². The van der Waals surface area contributed by atoms with Crippen LogP contribution in [0.3, 0.4) is 0 Å². The lowest BCUT2D eigenvalue weighted by Crippen LogP contribution is -2.40. The van der Waals surface area contributed by atoms with Gasteiger partial charge in [0.05, 0.1) is 10.9 Å². The molecule has 0 aromatic carbocycles. The van der Waals surface area contributed by atoms with Gasteiger partial charge in [-0.3, -0.25) is 14.7 Å². The van der Waals surface area contributed by atoms with Gasteiger partial charge >= 0.3 is 5.97 Å². The summed E-state index contributed by atoms with van der Waals surface area (Å²) in [6.45, 7) is 6.82. The second-order valence-electron chi connectivity index (χ2n) is 5.28. The van der Waals surface area contributed by atoms with Crippen LogP contribution < -0.4 is 0 Å². The van der Waals surface area contributed by atoms with Crippen LogP contribution in [0.2, 0.25) is 0 Å². The Morgan fingerprint density at radius 3 is 2.62 bits per heavy atom. The van der Waals surface area contributed by atoms with Crippen LogP contribution in [0.1, 0.15) is 35.6 Å². The van der Waals surface area contributed by atoms with Gasteiger partial charge in [-0.25, -0.2) is 4.98 Å². The number of aromatic nitrogens is 3. The fraction of sp³-hybridized carbons (Fsp3) is 0.429. The molecule has 0 unspecified atom stereocenters. The fourth-order valence-electron chi connectivity index (χ4n) is 2.26. The van der Waals surface area contributed by atoms with Gasteiger partial charge in [-0.1, -0.05) is 0 Å². The highest BCUT2D eigenvalue weighted by Crippen LogP contribution is 2.22. The number of nitrogens with one attached hydrogen (secondary N) is 1. The van der Waals surface area contributed by atoms with Crippen molar-refractivity contribution in [3.63, 3.8) is 0 Å². The minimum atomic E-state index is -1.04. The molecule has 0 atom stereocenters. The number of amides is 1. The second kappa shape index (κ2) is 5.51. The number of carbonyl (C=O) groups is 2. The maximum atomic E-state index is 12.7. The fourth-order valence-corrected chi connectivity index (χ4v) is 2.26. The van der Waals surface area contributed by atoms with Crippen LogP contribution in [0.5, 0.6) is 0 Å². The molecule has 21 heavy (non-hydrogen) atoms. The minimum Gasteiger partial charge on any atom is -0.480 e. The van der Waals surface area contributed by atoms with E-state index in [-0.39, 0.29) is 18.5 Å². The Morgan fingerprint density at radius 2 is 2.05 bits per heavy atom. The number of hydrogen-bond acceptors (Lipinski definition) is 4. The molecule has 2 N–H and O–H groups in total. The van der Waals surface area contributed by atoms with Crippen molar-refractivity contribution >= 4 is 22.9 Å². The van der Waals surface area contributed by atoms with E-state index < -0.39 is 5.97 Å². The molecule has 2 heterocycles. The number of nitrogens with zero attached hydrogens (tertiary/aromatic N) is 3. The van der Waals surface area contributed by atoms with Crippen LogP contribution >= 0.6 is 0 Å². The van der Waals surface area contributed by atoms with Crippen molar-refractivity contribution in [2.45, 2.75) is 33.7 Å². The molecule has 112 valence electrons. The van der Waals surface area contributed by atoms with E-state index in [1.165, 1.54) is 4.90 Å². The van der Waals surface area contributed by atoms with Crippen molar-refractivity contribution in [3.8, 4) is 0 Å². The highest BCUT2D eigenvalue weighted by atomic mass is 16.4. The maximum Gasteiger partial charge on any atom is 0.323 e. The lowest BCUT2D eigenvalue weighted by molar-refractivity contribution is -0.138. The molecule has 2 aromatic heterocycles. The Balaban J connectivity index is 2.56. The monoisotopic (exact) mass is 290 g/mol. The number of aryl methyl sites for hydroxylation is 2. The highest BCUT2D eigenvalue weighted by molar-refractivity contribution is 6.07. The number of carbonyl (C=O) groups excluding carboxylic acids is 1. The van der Waals surface area contributed by atoms with Crippen molar-refractivity contribution in [2.75, 3.05) is 6.54 Å². The van der Waals surface area contributed by atoms with Gasteiger partial charge in [0.2, 0.25) is 0 Å². The second-order valence-corrected chi connectivity index (χ2v) is 5.28. The third-order valence-electron chi connectivity index (χ3n) is 3.25. The number of aromatic amines is 1. The number of pyridine rings is 1. The van der Waals surface area contributed by atoms with E-state index in [1.54, 1.807) is 33.8 Å². The molecular weight excluding hydrogens is 272 g/mol. The zero-order chi connectivity index (χ0) is 15.7. The first-order chi connectivity index (χ1) is 9.81. The number of carboxylic acid groups (broad SMARTS) is 1. The van der Waals surface area contributed by atoms with Crippen LogP contribution in [0.4, 0.5) is 0 Å². The summed E-state index contributed by atoms with van der Waals surface area (Å²) in [5.74, 6) is -1.37. The van der Waals surface area contributed by atoms with E-state index in [4.69, 9.17) is 5.11 Å². The molecule has 0 aliphatic rings. The molecule has 2 aromatic rings. The van der Waals surface area contributed by atoms with Gasteiger partial charge in [0.25, 0.3) is 5.91 Å². The van der Waals surface area contributed by atoms with Crippen molar-refractivity contribution < 1.29 is 14.7 Å². The SMILES string of the molecule is Cc1cc(C(=O)N(CC(=O)O)C(C)C)c2c(C)[nH]nc2n1. The van der Waals surface area contributed by atoms with E-state index in [9.17, 15) is 9.59 Å². The van der Waals surface area contributed by atoms with E-state index in [1.807, 2.05) is 0 Å². The Bertz CT molecular complexity index is 706. The van der Waals surface area contributed by atoms with E-state index >= 15 is 0 Å². The maximum absolute atomic E-state index is 12.7. The Kier molecular flexibility index (Phi) is 3.93. The lowest BCUT2D eigenvalue weighted by Gasteiger charge is -2.25. The number of aliphatic carboxylic acids is 1. The van der Waals surface area contributed by atoms with Crippen molar-refractivity contribution in [2.24, 2.45) is 0 Å². The summed E-state index contributed by atoms with van der Waals surface area (Å²) in [6, 6.07) is 1.45. The minimum absolute atomic E-state index is 0.218. The first-order valence-corrected chi connectivity index (χ1v) is 6.66. The Labute approximate surface area is 122 Å². The molecule has 7 nitrogen and oxygen atoms in total. The smallest absolute Gasteiger partial charge is 0.323 e. The summed E-state index contributed by atoms with van der Waals surface area (Å²) < 4.78 is 0. The molecule has 0 bridgehead atoms. The molecule has 1 amide bonds. The largest absolute Gasteiger partial charge is 0.480 e. The van der Waals surface area contributed by atoms with Gasteiger partial charge in [0, 0.05) is 17.4 Å². The van der Waals surface area contributed by atoms with Crippen LogP contribution in [0, 0.1) is 13.8 Å². The van der Waals surface area contributed by atoms with Gasteiger partial charge in [0.15, 0.2) is 5.65 Å². The molecule has 0 aliphatic carbocycles. The van der Waals surface area contributed by atoms with Gasteiger partial charge < -0.3 is 10.0 Å². The normalized spacial score (nSPS) is 11.1. The van der Waals surface area contributed by atoms with Crippen molar-refractivity contribution in [1.29, 1.82) is 0 Å². The Hall–Kier alpha value is -2.44. The number of carboxylic acids is 1. The van der Waals surface area contributed by atoms with Crippen molar-refractivity contribution in [3.05, 3.63) is 23.0 Å². The molecular formula is C14H18N4O3. The summed E-state index contributed by atoms with van der Waals surface area (Å²) in [7, 11) is 0. The topological polar surface area (TPSA) is 99.2 Å². The molecule has 0 spiro atoms. The van der Waals surface area contributed by atoms with Crippen molar-refractivity contribution in [1.82, 2.24) is 20.1 Å². The number of hydrogen-bond donors (Lipinski definition) is 2. The third-order valence-corrected chi connectivity index (χ3v) is 3.25. The van der Waals surface area contributed by atoms with Crippen LogP contribution in [0.25, 0.3) is 11.0 Å². The summed E-state index contributed by atoms with van der Waals surface area (Å²) in [5.41, 5.74) is 2.30. The van der Waals surface area contributed by atoms with Crippen LogP contribution in [-0.2, 0) is 4.79 Å². The number of rotatable bonds is 4. The molecule has 2 rings (SSSR count). The predicted molar refractivity (Wildman–Crippen MR) is 77.2 cm³/mol. The van der Waals surface area contributed by atoms with E-state index in [2.05, 4.69) is 15.2 Å². The molecule has 0 radical (unpaired) electrons. The summed E-state index contributed by atoms with van der Waals surface area (Å²) in [6.07, 6.45) is 0. The first-order valence-electron chi connectivity index (χ1n) is 6.66. The number of H-pyrrole nitrogens is 1. The average molecular weight is 290 g/mol. The van der Waals surface area contributed by atoms with E-state index in [0.717, 1.165) is 5.69 Å². The van der Waals surface area contributed by atoms with E-state index in [0.29, 0.717) is 22.3 Å². The van der Waals surface area contributed by atoms with Gasteiger partial charge in [-0.05, 0) is 33.8 Å². The summed E-state index contributed by atoms with van der Waals surface area (Å²) in [5, 5.41) is 16.5. The molecule has 0 saturated heterocycles. The Morgan fingerprint density at radius 1 is 1.38 bits per heavy atom. The first kappa shape index (κ1) is 15.0. The summed E-state index contributed by atoms with van der Waals surface area (Å²) >= 11 is 0. The zero-order valence-electron chi connectivity index (χ0n) is 12.5. The highest BCUT2D eigenvalue weighted by Gasteiger charge is 2.25. The standard InChI is InChI=1S/C14H18N4O3/c1-7(2)18(6-11(19)20)14(21)10-5-8(3)15-13-12(10)9(4)16-17-13/h5,7H,6H2,1-4H3,(H,19,20)(H,15,16,17). The van der Waals surface area contributed by atoms with Crippen LogP contribution in [-0.4, -0.2) is 49.7 Å². The average Bonchev–Trinajstić information content (AvgIpc) is 2.75. The zero-order valence-corrected chi connectivity index (χ0v) is 12.5. The number of fused-ring (bicyclic) bond motifs is 1. The van der Waals surface area contributed by atoms with Gasteiger partial charge in [-0.15, -0.1) is 0 Å². The molecule has 0 aliphatic heterocycles. The lowest BCUT2D eigenvalue weighted by atomic mass is 10.1. The van der Waals surface area contributed by atoms with Gasteiger partial charge in [-0.2, -0.15) is 5.10 Å². The molecule has 7 heteroatoms.